The molecule has 1 aliphatic heterocycles. The Morgan fingerprint density at radius 1 is 1.14 bits per heavy atom. The van der Waals surface area contributed by atoms with Crippen LogP contribution in [0.3, 0.4) is 0 Å². The van der Waals surface area contributed by atoms with Crippen molar-refractivity contribution in [3.8, 4) is 0 Å². The van der Waals surface area contributed by atoms with Gasteiger partial charge in [-0.25, -0.2) is 4.79 Å². The molecule has 0 atom stereocenters. The number of piperazine rings is 1. The summed E-state index contributed by atoms with van der Waals surface area (Å²) in [6, 6.07) is 11.6. The largest absolute Gasteiger partial charge is 0.452 e. The molecule has 0 N–H and O–H groups in total. The van der Waals surface area contributed by atoms with Gasteiger partial charge in [-0.1, -0.05) is 23.7 Å². The molecule has 1 saturated heterocycles. The third-order valence-electron chi connectivity index (χ3n) is 4.77. The molecular weight excluding hydrogens is 398 g/mol. The first kappa shape index (κ1) is 20.6. The summed E-state index contributed by atoms with van der Waals surface area (Å²) in [5.74, 6) is -1.07. The fourth-order valence-electron chi connectivity index (χ4n) is 3.12. The summed E-state index contributed by atoms with van der Waals surface area (Å²) in [7, 11) is 0. The van der Waals surface area contributed by atoms with E-state index in [0.717, 1.165) is 11.8 Å². The third-order valence-corrected chi connectivity index (χ3v) is 5.01. The molecule has 2 aromatic rings. The van der Waals surface area contributed by atoms with Crippen molar-refractivity contribution in [3.63, 3.8) is 0 Å². The van der Waals surface area contributed by atoms with Crippen molar-refractivity contribution in [1.29, 1.82) is 0 Å². The number of ether oxygens (including phenoxy) is 1. The van der Waals surface area contributed by atoms with Gasteiger partial charge in [0.2, 0.25) is 0 Å². The van der Waals surface area contributed by atoms with E-state index in [0.29, 0.717) is 36.8 Å². The second-order valence-electron chi connectivity index (χ2n) is 6.68. The molecule has 0 aliphatic carbocycles. The average molecular weight is 418 g/mol. The van der Waals surface area contributed by atoms with E-state index in [9.17, 15) is 19.7 Å². The van der Waals surface area contributed by atoms with Crippen LogP contribution in [0.25, 0.3) is 0 Å². The first-order valence-corrected chi connectivity index (χ1v) is 9.43. The van der Waals surface area contributed by atoms with Crippen LogP contribution in [-0.4, -0.2) is 54.5 Å². The Bertz CT molecular complexity index is 941. The van der Waals surface area contributed by atoms with E-state index in [1.165, 1.54) is 12.1 Å². The highest BCUT2D eigenvalue weighted by molar-refractivity contribution is 6.30. The van der Waals surface area contributed by atoms with Crippen LogP contribution in [0.1, 0.15) is 15.9 Å². The van der Waals surface area contributed by atoms with Crippen LogP contribution in [0, 0.1) is 17.0 Å². The highest BCUT2D eigenvalue weighted by Crippen LogP contribution is 2.21. The molecule has 0 aromatic heterocycles. The number of aryl methyl sites for hydroxylation is 1. The van der Waals surface area contributed by atoms with Crippen molar-refractivity contribution >= 4 is 34.9 Å². The molecule has 0 radical (unpaired) electrons. The molecule has 1 amide bonds. The Morgan fingerprint density at radius 3 is 2.52 bits per heavy atom. The van der Waals surface area contributed by atoms with Gasteiger partial charge in [0.1, 0.15) is 0 Å². The van der Waals surface area contributed by atoms with E-state index in [4.69, 9.17) is 16.3 Å². The number of carbonyl (C=O) groups excluding carboxylic acids is 2. The van der Waals surface area contributed by atoms with Gasteiger partial charge < -0.3 is 14.5 Å². The molecule has 0 unspecified atom stereocenters. The standard InChI is InChI=1S/C20H20ClN3O5/c1-14-5-6-15(11-18(14)24(27)28)20(26)29-13-19(25)23-9-7-22(8-10-23)17-4-2-3-16(21)12-17/h2-6,11-12H,7-10,13H2,1H3. The molecule has 152 valence electrons. The zero-order valence-corrected chi connectivity index (χ0v) is 16.6. The van der Waals surface area contributed by atoms with E-state index in [-0.39, 0.29) is 17.2 Å². The molecule has 1 aliphatic rings. The second-order valence-corrected chi connectivity index (χ2v) is 7.12. The minimum Gasteiger partial charge on any atom is -0.452 e. The van der Waals surface area contributed by atoms with Crippen LogP contribution in [-0.2, 0) is 9.53 Å². The molecule has 3 rings (SSSR count). The van der Waals surface area contributed by atoms with Gasteiger partial charge in [-0.2, -0.15) is 0 Å². The lowest BCUT2D eigenvalue weighted by molar-refractivity contribution is -0.385. The maximum atomic E-state index is 12.4. The Balaban J connectivity index is 1.52. The van der Waals surface area contributed by atoms with E-state index < -0.39 is 17.5 Å². The normalized spacial score (nSPS) is 13.9. The van der Waals surface area contributed by atoms with Gasteiger partial charge in [0, 0.05) is 48.5 Å². The molecule has 0 bridgehead atoms. The van der Waals surface area contributed by atoms with Gasteiger partial charge in [0.25, 0.3) is 11.6 Å². The Hall–Kier alpha value is -3.13. The maximum Gasteiger partial charge on any atom is 0.338 e. The van der Waals surface area contributed by atoms with E-state index in [2.05, 4.69) is 4.90 Å². The molecule has 8 nitrogen and oxygen atoms in total. The fourth-order valence-corrected chi connectivity index (χ4v) is 3.31. The number of halogens is 1. The number of anilines is 1. The Kier molecular flexibility index (Phi) is 6.33. The SMILES string of the molecule is Cc1ccc(C(=O)OCC(=O)N2CCN(c3cccc(Cl)c3)CC2)cc1[N+](=O)[O-]. The molecule has 29 heavy (non-hydrogen) atoms. The highest BCUT2D eigenvalue weighted by atomic mass is 35.5. The highest BCUT2D eigenvalue weighted by Gasteiger charge is 2.23. The topological polar surface area (TPSA) is 93.0 Å². The second kappa shape index (κ2) is 8.91. The lowest BCUT2D eigenvalue weighted by Gasteiger charge is -2.36. The number of rotatable bonds is 5. The van der Waals surface area contributed by atoms with Gasteiger partial charge in [0.05, 0.1) is 10.5 Å². The number of carbonyl (C=O) groups is 2. The summed E-state index contributed by atoms with van der Waals surface area (Å²) >= 11 is 6.02. The number of nitrogens with zero attached hydrogens (tertiary/aromatic N) is 3. The summed E-state index contributed by atoms with van der Waals surface area (Å²) < 4.78 is 5.06. The molecule has 9 heteroatoms. The van der Waals surface area contributed by atoms with Crippen LogP contribution in [0.5, 0.6) is 0 Å². The first-order valence-electron chi connectivity index (χ1n) is 9.05. The van der Waals surface area contributed by atoms with E-state index in [1.54, 1.807) is 11.8 Å². The van der Waals surface area contributed by atoms with Crippen molar-refractivity contribution in [2.75, 3.05) is 37.7 Å². The van der Waals surface area contributed by atoms with Crippen molar-refractivity contribution in [1.82, 2.24) is 4.90 Å². The summed E-state index contributed by atoms with van der Waals surface area (Å²) in [5.41, 5.74) is 1.32. The molecule has 2 aromatic carbocycles. The number of nitro benzene ring substituents is 1. The van der Waals surface area contributed by atoms with Crippen molar-refractivity contribution in [2.45, 2.75) is 6.92 Å². The average Bonchev–Trinajstić information content (AvgIpc) is 2.72. The number of hydrogen-bond acceptors (Lipinski definition) is 6. The lowest BCUT2D eigenvalue weighted by Crippen LogP contribution is -2.49. The number of hydrogen-bond donors (Lipinski definition) is 0. The van der Waals surface area contributed by atoms with Gasteiger partial charge >= 0.3 is 5.97 Å². The summed E-state index contributed by atoms with van der Waals surface area (Å²) in [4.78, 5) is 38.7. The first-order chi connectivity index (χ1) is 13.8. The zero-order valence-electron chi connectivity index (χ0n) is 15.8. The van der Waals surface area contributed by atoms with Crippen LogP contribution >= 0.6 is 11.6 Å². The van der Waals surface area contributed by atoms with Crippen molar-refractivity contribution in [2.24, 2.45) is 0 Å². The van der Waals surface area contributed by atoms with Crippen LogP contribution in [0.15, 0.2) is 42.5 Å². The smallest absolute Gasteiger partial charge is 0.338 e. The predicted molar refractivity (Wildman–Crippen MR) is 108 cm³/mol. The summed E-state index contributed by atoms with van der Waals surface area (Å²) in [5, 5.41) is 11.7. The number of esters is 1. The Morgan fingerprint density at radius 2 is 1.86 bits per heavy atom. The molecule has 0 spiro atoms. The molecular formula is C20H20ClN3O5. The summed E-state index contributed by atoms with van der Waals surface area (Å²) in [6.07, 6.45) is 0. The van der Waals surface area contributed by atoms with Crippen molar-refractivity contribution in [3.05, 3.63) is 68.7 Å². The maximum absolute atomic E-state index is 12.4. The van der Waals surface area contributed by atoms with Gasteiger partial charge in [-0.3, -0.25) is 14.9 Å². The third kappa shape index (κ3) is 5.03. The summed E-state index contributed by atoms with van der Waals surface area (Å²) in [6.45, 7) is 3.46. The van der Waals surface area contributed by atoms with Crippen molar-refractivity contribution < 1.29 is 19.2 Å². The van der Waals surface area contributed by atoms with E-state index in [1.807, 2.05) is 24.3 Å². The minimum absolute atomic E-state index is 0.0425. The lowest BCUT2D eigenvalue weighted by atomic mass is 10.1. The van der Waals surface area contributed by atoms with Gasteiger partial charge in [-0.15, -0.1) is 0 Å². The Labute approximate surface area is 172 Å². The fraction of sp³-hybridized carbons (Fsp3) is 0.300. The minimum atomic E-state index is -0.765. The monoisotopic (exact) mass is 417 g/mol. The number of benzene rings is 2. The molecule has 1 fully saturated rings. The predicted octanol–water partition coefficient (Wildman–Crippen LogP) is 3.06. The number of amides is 1. The number of nitro groups is 1. The molecule has 1 heterocycles. The van der Waals surface area contributed by atoms with E-state index >= 15 is 0 Å². The van der Waals surface area contributed by atoms with Gasteiger partial charge in [-0.05, 0) is 31.2 Å². The van der Waals surface area contributed by atoms with Crippen LogP contribution in [0.2, 0.25) is 5.02 Å². The molecule has 0 saturated carbocycles. The van der Waals surface area contributed by atoms with Crippen LogP contribution in [0.4, 0.5) is 11.4 Å². The van der Waals surface area contributed by atoms with Gasteiger partial charge in [0.15, 0.2) is 6.61 Å². The quantitative estimate of drug-likeness (QED) is 0.421. The van der Waals surface area contributed by atoms with Crippen LogP contribution < -0.4 is 4.90 Å². The zero-order chi connectivity index (χ0) is 21.0.